The molecule has 4 aliphatic rings. The summed E-state index contributed by atoms with van der Waals surface area (Å²) in [7, 11) is 0. The fourth-order valence-electron chi connectivity index (χ4n) is 5.11. The van der Waals surface area contributed by atoms with Crippen molar-refractivity contribution in [1.29, 1.82) is 0 Å². The van der Waals surface area contributed by atoms with E-state index in [1.807, 2.05) is 27.7 Å². The molecule has 5 heteroatoms. The fraction of sp³-hybridized carbons (Fsp3) is 0.458. The summed E-state index contributed by atoms with van der Waals surface area (Å²) in [5, 5.41) is 11.8. The average molecular weight is 394 g/mol. The minimum absolute atomic E-state index is 0.0362. The van der Waals surface area contributed by atoms with E-state index in [0.29, 0.717) is 29.1 Å². The Bertz CT molecular complexity index is 1200. The highest BCUT2D eigenvalue weighted by atomic mass is 16.5. The van der Waals surface area contributed by atoms with Crippen LogP contribution in [0.1, 0.15) is 67.3 Å². The van der Waals surface area contributed by atoms with Crippen LogP contribution in [0.4, 0.5) is 0 Å². The van der Waals surface area contributed by atoms with Crippen molar-refractivity contribution in [2.75, 3.05) is 0 Å². The molecule has 1 aromatic rings. The zero-order valence-electron chi connectivity index (χ0n) is 17.7. The highest BCUT2D eigenvalue weighted by Crippen LogP contribution is 2.54. The van der Waals surface area contributed by atoms with Crippen LogP contribution >= 0.6 is 0 Å². The molecule has 0 saturated heterocycles. The van der Waals surface area contributed by atoms with Crippen molar-refractivity contribution in [2.24, 2.45) is 0 Å². The van der Waals surface area contributed by atoms with E-state index < -0.39 is 0 Å². The van der Waals surface area contributed by atoms with Crippen LogP contribution in [0, 0.1) is 13.8 Å². The molecule has 5 rings (SSSR count). The lowest BCUT2D eigenvalue weighted by Crippen LogP contribution is -2.29. The monoisotopic (exact) mass is 394 g/mol. The summed E-state index contributed by atoms with van der Waals surface area (Å²) in [5.74, 6) is 1.49. The lowest BCUT2D eigenvalue weighted by molar-refractivity contribution is 0.0242. The molecule has 1 aliphatic carbocycles. The molecule has 0 spiro atoms. The molecule has 3 aliphatic heterocycles. The average Bonchev–Trinajstić information content (AvgIpc) is 2.68. The lowest BCUT2D eigenvalue weighted by Gasteiger charge is -2.35. The molecule has 5 nitrogen and oxygen atoms in total. The van der Waals surface area contributed by atoms with Crippen molar-refractivity contribution in [3.8, 4) is 22.8 Å². The van der Waals surface area contributed by atoms with Crippen LogP contribution in [-0.4, -0.2) is 17.3 Å². The Balaban J connectivity index is 2.02. The lowest BCUT2D eigenvalue weighted by atomic mass is 9.81. The largest absolute Gasteiger partial charge is 0.507 e. The van der Waals surface area contributed by atoms with Crippen LogP contribution in [0.25, 0.3) is 22.3 Å². The van der Waals surface area contributed by atoms with Gasteiger partial charge in [-0.2, -0.15) is 0 Å². The van der Waals surface area contributed by atoms with Crippen LogP contribution in [-0.2, 0) is 11.3 Å². The third kappa shape index (κ3) is 2.28. The van der Waals surface area contributed by atoms with Gasteiger partial charge in [0, 0.05) is 29.0 Å². The number of ether oxygens (including phenoxy) is 2. The quantitative estimate of drug-likeness (QED) is 0.536. The van der Waals surface area contributed by atoms with Gasteiger partial charge in [0.15, 0.2) is 5.43 Å². The van der Waals surface area contributed by atoms with Crippen molar-refractivity contribution in [1.82, 2.24) is 0 Å². The standard InChI is InChI=1S/C24H26O5/c1-9-13(5)27-8-15-18(9)12(4)22(26)21-23(15)29-17-7-16(25)11(3)19-10(2)14(6)28-24(21)20(17)19/h7,9-10,13-14,26H,8H2,1-6H3/t9-,10-,13-,14-/m1/s1. The smallest absolute Gasteiger partial charge is 0.185 e. The first-order chi connectivity index (χ1) is 13.7. The zero-order valence-corrected chi connectivity index (χ0v) is 17.7. The molecule has 0 unspecified atom stereocenters. The molecule has 0 fully saturated rings. The Morgan fingerprint density at radius 2 is 1.69 bits per heavy atom. The summed E-state index contributed by atoms with van der Waals surface area (Å²) in [6.07, 6.45) is -0.0702. The topological polar surface area (TPSA) is 68.9 Å². The van der Waals surface area contributed by atoms with E-state index in [1.165, 1.54) is 0 Å². The molecular weight excluding hydrogens is 368 g/mol. The SMILES string of the molecule is Cc1c2c(c3oc4cc(=O)c(C)c5c-4c(c3c1O)O[C@H](C)[C@H]5C)CO[C@H](C)[C@H]2C. The number of hydrogen-bond acceptors (Lipinski definition) is 5. The van der Waals surface area contributed by atoms with Crippen molar-refractivity contribution in [3.63, 3.8) is 0 Å². The zero-order chi connectivity index (χ0) is 20.8. The van der Waals surface area contributed by atoms with Crippen molar-refractivity contribution in [2.45, 2.75) is 72.2 Å². The summed E-state index contributed by atoms with van der Waals surface area (Å²) < 4.78 is 18.6. The summed E-state index contributed by atoms with van der Waals surface area (Å²) in [4.78, 5) is 12.7. The Morgan fingerprint density at radius 3 is 2.41 bits per heavy atom. The molecule has 1 N–H and O–H groups in total. The number of benzene rings is 2. The van der Waals surface area contributed by atoms with Gasteiger partial charge in [0.05, 0.1) is 18.3 Å². The maximum atomic E-state index is 12.7. The van der Waals surface area contributed by atoms with E-state index in [0.717, 1.165) is 33.4 Å². The maximum Gasteiger partial charge on any atom is 0.185 e. The van der Waals surface area contributed by atoms with Crippen LogP contribution in [0.15, 0.2) is 15.3 Å². The van der Waals surface area contributed by atoms with E-state index in [4.69, 9.17) is 13.9 Å². The molecule has 4 atom stereocenters. The molecule has 0 aromatic heterocycles. The number of rotatable bonds is 0. The van der Waals surface area contributed by atoms with E-state index in [2.05, 4.69) is 13.8 Å². The minimum atomic E-state index is -0.122. The van der Waals surface area contributed by atoms with Crippen molar-refractivity contribution >= 4 is 11.0 Å². The van der Waals surface area contributed by atoms with Crippen LogP contribution < -0.4 is 10.2 Å². The van der Waals surface area contributed by atoms with Gasteiger partial charge < -0.3 is 19.0 Å². The minimum Gasteiger partial charge on any atom is -0.507 e. The normalized spacial score (nSPS) is 25.9. The van der Waals surface area contributed by atoms with E-state index in [1.54, 1.807) is 6.07 Å². The number of fused-ring (bicyclic) bond motifs is 4. The molecule has 152 valence electrons. The Labute approximate surface area is 169 Å². The fourth-order valence-corrected chi connectivity index (χ4v) is 5.11. The highest BCUT2D eigenvalue weighted by molar-refractivity contribution is 6.00. The Morgan fingerprint density at radius 1 is 1.00 bits per heavy atom. The molecule has 0 radical (unpaired) electrons. The second-order valence-corrected chi connectivity index (χ2v) is 8.70. The van der Waals surface area contributed by atoms with Gasteiger partial charge in [-0.15, -0.1) is 0 Å². The Hall–Kier alpha value is -2.53. The first-order valence-corrected chi connectivity index (χ1v) is 10.3. The van der Waals surface area contributed by atoms with Gasteiger partial charge in [0.1, 0.15) is 34.3 Å². The molecule has 29 heavy (non-hydrogen) atoms. The summed E-state index contributed by atoms with van der Waals surface area (Å²) in [6, 6.07) is 1.54. The van der Waals surface area contributed by atoms with Gasteiger partial charge >= 0.3 is 0 Å². The first-order valence-electron chi connectivity index (χ1n) is 10.3. The molecule has 0 bridgehead atoms. The predicted molar refractivity (Wildman–Crippen MR) is 111 cm³/mol. The van der Waals surface area contributed by atoms with Crippen LogP contribution in [0.2, 0.25) is 0 Å². The number of hydrogen-bond donors (Lipinski definition) is 1. The summed E-state index contributed by atoms with van der Waals surface area (Å²) in [5.41, 5.74) is 5.84. The molecular formula is C24H26O5. The Kier molecular flexibility index (Phi) is 3.82. The maximum absolute atomic E-state index is 12.7. The molecule has 1 aromatic carbocycles. The van der Waals surface area contributed by atoms with Crippen molar-refractivity contribution < 1.29 is 19.0 Å². The molecule has 0 saturated carbocycles. The second-order valence-electron chi connectivity index (χ2n) is 8.70. The summed E-state index contributed by atoms with van der Waals surface area (Å²) >= 11 is 0. The van der Waals surface area contributed by atoms with E-state index in [9.17, 15) is 9.90 Å². The first kappa shape index (κ1) is 18.5. The second kappa shape index (κ2) is 5.99. The van der Waals surface area contributed by atoms with Gasteiger partial charge in [-0.25, -0.2) is 0 Å². The van der Waals surface area contributed by atoms with Crippen LogP contribution in [0.3, 0.4) is 0 Å². The molecule has 3 heterocycles. The third-order valence-electron chi connectivity index (χ3n) is 7.15. The molecule has 0 amide bonds. The van der Waals surface area contributed by atoms with E-state index >= 15 is 0 Å². The number of aromatic hydroxyl groups is 1. The van der Waals surface area contributed by atoms with Gasteiger partial charge in [0.2, 0.25) is 0 Å². The predicted octanol–water partition coefficient (Wildman–Crippen LogP) is 5.13. The van der Waals surface area contributed by atoms with Gasteiger partial charge in [-0.05, 0) is 44.4 Å². The number of phenolic OH excluding ortho intramolecular Hbond substituents is 1. The van der Waals surface area contributed by atoms with Crippen molar-refractivity contribution in [3.05, 3.63) is 44.1 Å². The number of phenols is 1. The van der Waals surface area contributed by atoms with E-state index in [-0.39, 0.29) is 35.2 Å². The van der Waals surface area contributed by atoms with Crippen LogP contribution in [0.5, 0.6) is 11.5 Å². The highest BCUT2D eigenvalue weighted by Gasteiger charge is 2.38. The third-order valence-corrected chi connectivity index (χ3v) is 7.15. The van der Waals surface area contributed by atoms with Gasteiger partial charge in [-0.1, -0.05) is 13.8 Å². The summed E-state index contributed by atoms with van der Waals surface area (Å²) in [6.45, 7) is 12.4. The van der Waals surface area contributed by atoms with Gasteiger partial charge in [-0.3, -0.25) is 4.79 Å². The van der Waals surface area contributed by atoms with Gasteiger partial charge in [0.25, 0.3) is 0 Å².